The van der Waals surface area contributed by atoms with Crippen LogP contribution in [-0.2, 0) is 7.05 Å². The molecular weight excluding hydrogens is 327 g/mol. The van der Waals surface area contributed by atoms with E-state index in [0.717, 1.165) is 31.9 Å². The van der Waals surface area contributed by atoms with Gasteiger partial charge >= 0.3 is 6.09 Å². The summed E-state index contributed by atoms with van der Waals surface area (Å²) in [5.74, 6) is -0.162. The molecule has 7 nitrogen and oxygen atoms in total. The molecule has 1 aliphatic carbocycles. The topological polar surface area (TPSA) is 96.3 Å². The van der Waals surface area contributed by atoms with Crippen LogP contribution in [0.15, 0.2) is 23.1 Å². The molecule has 0 radical (unpaired) electrons. The van der Waals surface area contributed by atoms with Crippen LogP contribution in [0, 0.1) is 11.7 Å². The first-order valence-electron chi connectivity index (χ1n) is 8.33. The fraction of sp³-hybridized carbons (Fsp3) is 0.471. The molecule has 2 heterocycles. The lowest BCUT2D eigenvalue weighted by Crippen LogP contribution is -2.37. The molecule has 1 fully saturated rings. The van der Waals surface area contributed by atoms with Gasteiger partial charge in [-0.3, -0.25) is 9.78 Å². The van der Waals surface area contributed by atoms with Gasteiger partial charge in [0, 0.05) is 25.7 Å². The van der Waals surface area contributed by atoms with Gasteiger partial charge in [0.2, 0.25) is 0 Å². The van der Waals surface area contributed by atoms with E-state index in [4.69, 9.17) is 5.11 Å². The van der Waals surface area contributed by atoms with Crippen molar-refractivity contribution in [3.05, 3.63) is 34.5 Å². The molecular formula is C17H21FN4O3. The zero-order chi connectivity index (χ0) is 18.0. The van der Waals surface area contributed by atoms with Crippen molar-refractivity contribution in [1.82, 2.24) is 14.9 Å². The predicted octanol–water partition coefficient (Wildman–Crippen LogP) is 2.31. The highest BCUT2D eigenvalue weighted by molar-refractivity contribution is 5.88. The summed E-state index contributed by atoms with van der Waals surface area (Å²) in [5.41, 5.74) is 1.08. The lowest BCUT2D eigenvalue weighted by molar-refractivity contribution is 0.183. The largest absolute Gasteiger partial charge is 0.465 e. The Morgan fingerprint density at radius 2 is 2.08 bits per heavy atom. The molecule has 3 N–H and O–H groups in total. The minimum Gasteiger partial charge on any atom is -0.465 e. The van der Waals surface area contributed by atoms with Crippen LogP contribution in [0.4, 0.5) is 14.9 Å². The summed E-state index contributed by atoms with van der Waals surface area (Å²) in [6.07, 6.45) is 3.44. The summed E-state index contributed by atoms with van der Waals surface area (Å²) in [4.78, 5) is 26.6. The van der Waals surface area contributed by atoms with Gasteiger partial charge in [-0.15, -0.1) is 0 Å². The number of anilines is 1. The second-order valence-corrected chi connectivity index (χ2v) is 6.49. The lowest BCUT2D eigenvalue weighted by atomic mass is 9.86. The number of aryl methyl sites for hydroxylation is 1. The molecule has 2 aromatic rings. The summed E-state index contributed by atoms with van der Waals surface area (Å²) in [5, 5.41) is 14.4. The Kier molecular flexibility index (Phi) is 4.87. The van der Waals surface area contributed by atoms with Crippen molar-refractivity contribution in [2.45, 2.75) is 31.7 Å². The van der Waals surface area contributed by atoms with Crippen LogP contribution in [0.5, 0.6) is 0 Å². The van der Waals surface area contributed by atoms with Crippen LogP contribution in [0.2, 0.25) is 0 Å². The van der Waals surface area contributed by atoms with Gasteiger partial charge in [-0.2, -0.15) is 0 Å². The maximum atomic E-state index is 14.3. The zero-order valence-corrected chi connectivity index (χ0v) is 14.0. The molecule has 1 amide bonds. The summed E-state index contributed by atoms with van der Waals surface area (Å²) in [6.45, 7) is 0.568. The average molecular weight is 348 g/mol. The van der Waals surface area contributed by atoms with E-state index in [2.05, 4.69) is 15.6 Å². The number of hydrogen-bond donors (Lipinski definition) is 3. The minimum absolute atomic E-state index is 0.00642. The molecule has 1 saturated carbocycles. The predicted molar refractivity (Wildman–Crippen MR) is 92.3 cm³/mol. The Hall–Kier alpha value is -2.64. The number of rotatable bonds is 4. The molecule has 8 heteroatoms. The molecule has 0 bridgehead atoms. The third-order valence-electron chi connectivity index (χ3n) is 4.83. The third-order valence-corrected chi connectivity index (χ3v) is 4.83. The zero-order valence-electron chi connectivity index (χ0n) is 14.0. The summed E-state index contributed by atoms with van der Waals surface area (Å²) in [6, 6.07) is 2.99. The van der Waals surface area contributed by atoms with E-state index >= 15 is 0 Å². The summed E-state index contributed by atoms with van der Waals surface area (Å²) in [7, 11) is 1.60. The van der Waals surface area contributed by atoms with E-state index in [1.807, 2.05) is 0 Å². The van der Waals surface area contributed by atoms with Crippen molar-refractivity contribution in [2.24, 2.45) is 13.0 Å². The number of amides is 1. The maximum absolute atomic E-state index is 14.3. The highest BCUT2D eigenvalue weighted by Gasteiger charge is 2.23. The van der Waals surface area contributed by atoms with E-state index in [1.165, 1.54) is 10.6 Å². The van der Waals surface area contributed by atoms with Gasteiger partial charge in [0.1, 0.15) is 0 Å². The SMILES string of the molecule is Cn1c(=O)ccc2ncc(F)c(NCC3CCC(NC(=O)O)CC3)c21. The Labute approximate surface area is 143 Å². The number of aromatic nitrogens is 2. The van der Waals surface area contributed by atoms with Gasteiger partial charge in [0.25, 0.3) is 5.56 Å². The second kappa shape index (κ2) is 7.08. The molecule has 0 aliphatic heterocycles. The smallest absolute Gasteiger partial charge is 0.404 e. The molecule has 0 atom stereocenters. The van der Waals surface area contributed by atoms with E-state index in [0.29, 0.717) is 23.5 Å². The first kappa shape index (κ1) is 17.2. The number of halogens is 1. The van der Waals surface area contributed by atoms with Gasteiger partial charge in [-0.1, -0.05) is 0 Å². The monoisotopic (exact) mass is 348 g/mol. The number of pyridine rings is 2. The first-order valence-corrected chi connectivity index (χ1v) is 8.33. The molecule has 2 aromatic heterocycles. The molecule has 3 rings (SSSR count). The van der Waals surface area contributed by atoms with E-state index in [9.17, 15) is 14.0 Å². The number of nitrogens with one attached hydrogen (secondary N) is 2. The quantitative estimate of drug-likeness (QED) is 0.788. The summed E-state index contributed by atoms with van der Waals surface area (Å²) < 4.78 is 15.7. The molecule has 0 unspecified atom stereocenters. The van der Waals surface area contributed by atoms with Crippen molar-refractivity contribution in [3.8, 4) is 0 Å². The van der Waals surface area contributed by atoms with E-state index in [-0.39, 0.29) is 17.3 Å². The van der Waals surface area contributed by atoms with E-state index < -0.39 is 11.9 Å². The lowest BCUT2D eigenvalue weighted by Gasteiger charge is -2.28. The number of nitrogens with zero attached hydrogens (tertiary/aromatic N) is 2. The van der Waals surface area contributed by atoms with Crippen LogP contribution in [-0.4, -0.2) is 33.3 Å². The highest BCUT2D eigenvalue weighted by atomic mass is 19.1. The van der Waals surface area contributed by atoms with Gasteiger partial charge in [0.15, 0.2) is 5.82 Å². The first-order chi connectivity index (χ1) is 12.0. The Morgan fingerprint density at radius 3 is 2.76 bits per heavy atom. The van der Waals surface area contributed by atoms with Crippen LogP contribution in [0.1, 0.15) is 25.7 Å². The maximum Gasteiger partial charge on any atom is 0.404 e. The van der Waals surface area contributed by atoms with Gasteiger partial charge in [0.05, 0.1) is 22.9 Å². The number of carboxylic acid groups (broad SMARTS) is 1. The minimum atomic E-state index is -0.993. The molecule has 25 heavy (non-hydrogen) atoms. The van der Waals surface area contributed by atoms with Crippen LogP contribution in [0.25, 0.3) is 11.0 Å². The second-order valence-electron chi connectivity index (χ2n) is 6.49. The average Bonchev–Trinajstić information content (AvgIpc) is 2.58. The Balaban J connectivity index is 1.72. The number of fused-ring (bicyclic) bond motifs is 1. The standard InChI is InChI=1S/C17H21FN4O3/c1-22-14(23)7-6-13-16(22)15(12(18)9-19-13)20-8-10-2-4-11(5-3-10)21-17(24)25/h6-7,9-11,21H,2-5,8H2,1H3,(H,19,20)(H,24,25). The number of carbonyl (C=O) groups is 1. The normalized spacial score (nSPS) is 20.4. The van der Waals surface area contributed by atoms with Crippen molar-refractivity contribution in [1.29, 1.82) is 0 Å². The van der Waals surface area contributed by atoms with Crippen LogP contribution in [0.3, 0.4) is 0 Å². The molecule has 0 aromatic carbocycles. The fourth-order valence-corrected chi connectivity index (χ4v) is 3.43. The van der Waals surface area contributed by atoms with Crippen molar-refractivity contribution in [2.75, 3.05) is 11.9 Å². The number of hydrogen-bond acceptors (Lipinski definition) is 4. The van der Waals surface area contributed by atoms with Gasteiger partial charge < -0.3 is 20.3 Å². The van der Waals surface area contributed by atoms with Crippen molar-refractivity contribution in [3.63, 3.8) is 0 Å². The molecule has 1 aliphatic rings. The third kappa shape index (κ3) is 3.72. The Bertz CT molecular complexity index is 844. The molecule has 134 valence electrons. The highest BCUT2D eigenvalue weighted by Crippen LogP contribution is 2.27. The van der Waals surface area contributed by atoms with Crippen LogP contribution >= 0.6 is 0 Å². The van der Waals surface area contributed by atoms with Gasteiger partial charge in [-0.25, -0.2) is 9.18 Å². The van der Waals surface area contributed by atoms with Crippen molar-refractivity contribution >= 4 is 22.8 Å². The molecule has 0 saturated heterocycles. The summed E-state index contributed by atoms with van der Waals surface area (Å²) >= 11 is 0. The van der Waals surface area contributed by atoms with Crippen LogP contribution < -0.4 is 16.2 Å². The van der Waals surface area contributed by atoms with Gasteiger partial charge in [-0.05, 0) is 37.7 Å². The van der Waals surface area contributed by atoms with E-state index in [1.54, 1.807) is 13.1 Å². The molecule has 0 spiro atoms. The van der Waals surface area contributed by atoms with Crippen molar-refractivity contribution < 1.29 is 14.3 Å². The fourth-order valence-electron chi connectivity index (χ4n) is 3.43. The Morgan fingerprint density at radius 1 is 1.36 bits per heavy atom.